The zero-order valence-electron chi connectivity index (χ0n) is 12.8. The second kappa shape index (κ2) is 7.40. The monoisotopic (exact) mass is 300 g/mol. The molecule has 6 heteroatoms. The average Bonchev–Trinajstić information content (AvgIpc) is 2.47. The smallest absolute Gasteiger partial charge is 0.267 e. The fourth-order valence-electron chi connectivity index (χ4n) is 1.98. The van der Waals surface area contributed by atoms with Gasteiger partial charge in [-0.1, -0.05) is 6.07 Å². The van der Waals surface area contributed by atoms with Crippen LogP contribution in [0.2, 0.25) is 0 Å². The first kappa shape index (κ1) is 15.8. The summed E-state index contributed by atoms with van der Waals surface area (Å²) in [5.41, 5.74) is 1.90. The van der Waals surface area contributed by atoms with Gasteiger partial charge in [0.05, 0.1) is 0 Å². The third kappa shape index (κ3) is 4.73. The Morgan fingerprint density at radius 3 is 2.73 bits per heavy atom. The summed E-state index contributed by atoms with van der Waals surface area (Å²) in [6.07, 6.45) is 2.57. The summed E-state index contributed by atoms with van der Waals surface area (Å²) < 4.78 is 0. The molecule has 0 fully saturated rings. The molecule has 2 aromatic heterocycles. The Labute approximate surface area is 129 Å². The van der Waals surface area contributed by atoms with Gasteiger partial charge in [-0.25, -0.2) is 4.98 Å². The molecule has 0 spiro atoms. The van der Waals surface area contributed by atoms with Crippen LogP contribution >= 0.6 is 0 Å². The van der Waals surface area contributed by atoms with Crippen LogP contribution in [0.1, 0.15) is 28.2 Å². The van der Waals surface area contributed by atoms with Crippen LogP contribution in [0.25, 0.3) is 0 Å². The topological polar surface area (TPSA) is 86.9 Å². The molecule has 0 radical (unpaired) electrons. The fraction of sp³-hybridized carbons (Fsp3) is 0.312. The van der Waals surface area contributed by atoms with Gasteiger partial charge in [-0.05, 0) is 31.9 Å². The van der Waals surface area contributed by atoms with Gasteiger partial charge in [0, 0.05) is 37.1 Å². The summed E-state index contributed by atoms with van der Waals surface area (Å²) in [6.45, 7) is 4.97. The van der Waals surface area contributed by atoms with Crippen molar-refractivity contribution in [2.75, 3.05) is 18.4 Å². The zero-order chi connectivity index (χ0) is 15.9. The minimum Gasteiger partial charge on any atom is -0.370 e. The predicted octanol–water partition coefficient (Wildman–Crippen LogP) is 1.62. The van der Waals surface area contributed by atoms with Gasteiger partial charge in [0.2, 0.25) is 0 Å². The largest absolute Gasteiger partial charge is 0.370 e. The molecule has 0 aliphatic heterocycles. The molecule has 2 heterocycles. The van der Waals surface area contributed by atoms with Gasteiger partial charge in [0.15, 0.2) is 5.43 Å². The van der Waals surface area contributed by atoms with Crippen molar-refractivity contribution in [3.63, 3.8) is 0 Å². The van der Waals surface area contributed by atoms with Crippen LogP contribution in [-0.4, -0.2) is 29.0 Å². The van der Waals surface area contributed by atoms with Crippen molar-refractivity contribution < 1.29 is 4.79 Å². The maximum Gasteiger partial charge on any atom is 0.267 e. The predicted molar refractivity (Wildman–Crippen MR) is 86.2 cm³/mol. The van der Waals surface area contributed by atoms with Gasteiger partial charge < -0.3 is 15.6 Å². The highest BCUT2D eigenvalue weighted by molar-refractivity contribution is 5.92. The second-order valence-electron chi connectivity index (χ2n) is 5.17. The number of hydrogen-bond donors (Lipinski definition) is 3. The summed E-state index contributed by atoms with van der Waals surface area (Å²) in [6, 6.07) is 6.67. The average molecular weight is 300 g/mol. The normalized spacial score (nSPS) is 10.3. The Hall–Kier alpha value is -2.63. The Morgan fingerprint density at radius 2 is 2.05 bits per heavy atom. The molecule has 0 aliphatic carbocycles. The van der Waals surface area contributed by atoms with E-state index in [4.69, 9.17) is 0 Å². The minimum absolute atomic E-state index is 0.173. The Kier molecular flexibility index (Phi) is 5.30. The molecule has 0 atom stereocenters. The summed E-state index contributed by atoms with van der Waals surface area (Å²) in [7, 11) is 0. The van der Waals surface area contributed by atoms with Crippen molar-refractivity contribution in [2.45, 2.75) is 20.3 Å². The van der Waals surface area contributed by atoms with E-state index in [0.717, 1.165) is 17.8 Å². The first-order chi connectivity index (χ1) is 10.5. The number of aromatic nitrogens is 2. The number of anilines is 1. The molecule has 116 valence electrons. The van der Waals surface area contributed by atoms with Gasteiger partial charge in [-0.3, -0.25) is 9.59 Å². The molecule has 3 N–H and O–H groups in total. The van der Waals surface area contributed by atoms with Gasteiger partial charge in [-0.15, -0.1) is 0 Å². The third-order valence-electron chi connectivity index (χ3n) is 3.08. The summed E-state index contributed by atoms with van der Waals surface area (Å²) >= 11 is 0. The van der Waals surface area contributed by atoms with Gasteiger partial charge >= 0.3 is 0 Å². The highest BCUT2D eigenvalue weighted by atomic mass is 16.2. The van der Waals surface area contributed by atoms with Crippen molar-refractivity contribution in [2.24, 2.45) is 0 Å². The molecule has 22 heavy (non-hydrogen) atoms. The second-order valence-corrected chi connectivity index (χ2v) is 5.17. The number of carbonyl (C=O) groups excluding carboxylic acids is 1. The first-order valence-electron chi connectivity index (χ1n) is 7.20. The van der Waals surface area contributed by atoms with Crippen LogP contribution in [0, 0.1) is 13.8 Å². The van der Waals surface area contributed by atoms with Crippen LogP contribution in [0.4, 0.5) is 5.82 Å². The number of nitrogens with one attached hydrogen (secondary N) is 3. The van der Waals surface area contributed by atoms with Crippen molar-refractivity contribution in [1.29, 1.82) is 0 Å². The van der Waals surface area contributed by atoms with Crippen molar-refractivity contribution >= 4 is 11.7 Å². The lowest BCUT2D eigenvalue weighted by molar-refractivity contribution is 0.0948. The number of carbonyl (C=O) groups is 1. The Bertz CT molecular complexity index is 692. The maximum absolute atomic E-state index is 11.9. The van der Waals surface area contributed by atoms with E-state index < -0.39 is 0 Å². The summed E-state index contributed by atoms with van der Waals surface area (Å²) in [5.74, 6) is 0.550. The standard InChI is InChI=1S/C16H20N4O2/c1-11-4-5-15(19-10-11)17-6-3-7-18-16(22)14-9-13(21)8-12(2)20-14/h4-5,8-10H,3,6-7H2,1-2H3,(H,17,19)(H,18,22)(H,20,21). The highest BCUT2D eigenvalue weighted by Gasteiger charge is 2.06. The fourth-order valence-corrected chi connectivity index (χ4v) is 1.98. The van der Waals surface area contributed by atoms with E-state index in [0.29, 0.717) is 18.8 Å². The van der Waals surface area contributed by atoms with Gasteiger partial charge in [0.1, 0.15) is 11.5 Å². The van der Waals surface area contributed by atoms with Gasteiger partial charge in [-0.2, -0.15) is 0 Å². The zero-order valence-corrected chi connectivity index (χ0v) is 12.8. The van der Waals surface area contributed by atoms with E-state index in [9.17, 15) is 9.59 Å². The number of hydrogen-bond acceptors (Lipinski definition) is 4. The molecule has 2 rings (SSSR count). The molecule has 1 amide bonds. The molecule has 0 saturated carbocycles. The van der Waals surface area contributed by atoms with Gasteiger partial charge in [0.25, 0.3) is 5.91 Å². The number of H-pyrrole nitrogens is 1. The molecule has 0 aromatic carbocycles. The van der Waals surface area contributed by atoms with E-state index in [1.807, 2.05) is 19.1 Å². The number of rotatable bonds is 6. The molecule has 6 nitrogen and oxygen atoms in total. The van der Waals surface area contributed by atoms with E-state index in [1.54, 1.807) is 13.1 Å². The molecule has 0 unspecified atom stereocenters. The van der Waals surface area contributed by atoms with Crippen molar-refractivity contribution in [3.8, 4) is 0 Å². The third-order valence-corrected chi connectivity index (χ3v) is 3.08. The molecule has 2 aromatic rings. The lowest BCUT2D eigenvalue weighted by atomic mass is 10.3. The van der Waals surface area contributed by atoms with E-state index in [2.05, 4.69) is 20.6 Å². The first-order valence-corrected chi connectivity index (χ1v) is 7.20. The van der Waals surface area contributed by atoms with Crippen molar-refractivity contribution in [1.82, 2.24) is 15.3 Å². The van der Waals surface area contributed by atoms with Crippen LogP contribution in [0.3, 0.4) is 0 Å². The summed E-state index contributed by atoms with van der Waals surface area (Å²) in [4.78, 5) is 30.4. The Morgan fingerprint density at radius 1 is 1.23 bits per heavy atom. The molecular formula is C16H20N4O2. The molecular weight excluding hydrogens is 280 g/mol. The molecule has 0 bridgehead atoms. The maximum atomic E-state index is 11.9. The Balaban J connectivity index is 1.73. The van der Waals surface area contributed by atoms with Crippen LogP contribution in [0.5, 0.6) is 0 Å². The van der Waals surface area contributed by atoms with Crippen LogP contribution in [-0.2, 0) is 0 Å². The quantitative estimate of drug-likeness (QED) is 0.708. The minimum atomic E-state index is -0.269. The summed E-state index contributed by atoms with van der Waals surface area (Å²) in [5, 5.41) is 5.96. The lowest BCUT2D eigenvalue weighted by Crippen LogP contribution is -2.27. The van der Waals surface area contributed by atoms with E-state index in [-0.39, 0.29) is 17.0 Å². The number of nitrogens with zero attached hydrogens (tertiary/aromatic N) is 1. The van der Waals surface area contributed by atoms with Crippen LogP contribution in [0.15, 0.2) is 35.3 Å². The highest BCUT2D eigenvalue weighted by Crippen LogP contribution is 2.03. The molecule has 0 saturated heterocycles. The number of amides is 1. The van der Waals surface area contributed by atoms with Crippen molar-refractivity contribution in [3.05, 3.63) is 57.6 Å². The SMILES string of the molecule is Cc1ccc(NCCCNC(=O)c2cc(=O)cc(C)[nH]2)nc1. The van der Waals surface area contributed by atoms with E-state index >= 15 is 0 Å². The number of aryl methyl sites for hydroxylation is 2. The molecule has 0 aliphatic rings. The van der Waals surface area contributed by atoms with Crippen LogP contribution < -0.4 is 16.1 Å². The number of aromatic amines is 1. The lowest BCUT2D eigenvalue weighted by Gasteiger charge is -2.07. The number of pyridine rings is 2. The van der Waals surface area contributed by atoms with E-state index in [1.165, 1.54) is 12.1 Å².